The molecule has 0 aromatic heterocycles. The highest BCUT2D eigenvalue weighted by Crippen LogP contribution is 2.45. The van der Waals surface area contributed by atoms with Crippen LogP contribution in [0.4, 0.5) is 0 Å². The van der Waals surface area contributed by atoms with Gasteiger partial charge in [-0.25, -0.2) is 0 Å². The summed E-state index contributed by atoms with van der Waals surface area (Å²) in [5, 5.41) is 10.9. The molecule has 1 aliphatic heterocycles. The maximum atomic E-state index is 10.1. The van der Waals surface area contributed by atoms with Crippen molar-refractivity contribution in [2.75, 3.05) is 32.9 Å². The van der Waals surface area contributed by atoms with Crippen LogP contribution in [-0.2, 0) is 14.9 Å². The third-order valence-electron chi connectivity index (χ3n) is 6.44. The van der Waals surface area contributed by atoms with Gasteiger partial charge in [0.25, 0.3) is 0 Å². The van der Waals surface area contributed by atoms with Crippen molar-refractivity contribution in [3.63, 3.8) is 0 Å². The maximum absolute atomic E-state index is 10.1. The molecule has 3 rings (SSSR count). The lowest BCUT2D eigenvalue weighted by Gasteiger charge is -2.50. The molecule has 1 heterocycles. The predicted octanol–water partition coefficient (Wildman–Crippen LogP) is 4.23. The number of piperidine rings is 1. The zero-order chi connectivity index (χ0) is 19.3. The highest BCUT2D eigenvalue weighted by atomic mass is 35.5. The highest BCUT2D eigenvalue weighted by molar-refractivity contribution is 6.30. The highest BCUT2D eigenvalue weighted by Gasteiger charge is 2.43. The minimum atomic E-state index is -0.184. The van der Waals surface area contributed by atoms with Crippen LogP contribution in [0.15, 0.2) is 24.3 Å². The molecular formula is C22H34ClNO3. The van der Waals surface area contributed by atoms with Crippen molar-refractivity contribution in [2.45, 2.75) is 63.7 Å². The van der Waals surface area contributed by atoms with Crippen LogP contribution in [0.1, 0.15) is 51.5 Å². The van der Waals surface area contributed by atoms with Crippen LogP contribution in [0.3, 0.4) is 0 Å². The molecule has 152 valence electrons. The van der Waals surface area contributed by atoms with E-state index in [2.05, 4.69) is 17.0 Å². The van der Waals surface area contributed by atoms with Crippen molar-refractivity contribution in [2.24, 2.45) is 5.92 Å². The molecule has 2 aliphatic rings. The molecule has 27 heavy (non-hydrogen) atoms. The third kappa shape index (κ3) is 5.04. The molecule has 1 unspecified atom stereocenters. The molecule has 0 amide bonds. The molecule has 0 spiro atoms. The van der Waals surface area contributed by atoms with Gasteiger partial charge in [0.2, 0.25) is 0 Å². The third-order valence-corrected chi connectivity index (χ3v) is 6.69. The number of rotatable bonds is 9. The van der Waals surface area contributed by atoms with Crippen molar-refractivity contribution in [3.8, 4) is 0 Å². The normalized spacial score (nSPS) is 26.5. The molecule has 1 aliphatic carbocycles. The van der Waals surface area contributed by atoms with Crippen LogP contribution in [0.25, 0.3) is 0 Å². The van der Waals surface area contributed by atoms with E-state index in [1.165, 1.54) is 24.8 Å². The van der Waals surface area contributed by atoms with E-state index in [1.54, 1.807) is 0 Å². The van der Waals surface area contributed by atoms with Crippen LogP contribution in [0.2, 0.25) is 5.02 Å². The predicted molar refractivity (Wildman–Crippen MR) is 109 cm³/mol. The summed E-state index contributed by atoms with van der Waals surface area (Å²) in [4.78, 5) is 2.51. The van der Waals surface area contributed by atoms with Gasteiger partial charge in [-0.15, -0.1) is 0 Å². The first-order valence-electron chi connectivity index (χ1n) is 10.4. The van der Waals surface area contributed by atoms with Crippen LogP contribution in [0.5, 0.6) is 0 Å². The lowest BCUT2D eigenvalue weighted by atomic mass is 9.63. The van der Waals surface area contributed by atoms with Gasteiger partial charge in [-0.3, -0.25) is 4.90 Å². The van der Waals surface area contributed by atoms with E-state index < -0.39 is 0 Å². The van der Waals surface area contributed by atoms with Gasteiger partial charge in [0.15, 0.2) is 6.29 Å². The van der Waals surface area contributed by atoms with Crippen LogP contribution in [0, 0.1) is 5.92 Å². The number of hydrogen-bond acceptors (Lipinski definition) is 4. The molecule has 1 aromatic rings. The Morgan fingerprint density at radius 2 is 1.96 bits per heavy atom. The van der Waals surface area contributed by atoms with E-state index in [4.69, 9.17) is 21.1 Å². The fourth-order valence-corrected chi connectivity index (χ4v) is 4.87. The molecule has 1 saturated carbocycles. The van der Waals surface area contributed by atoms with Gasteiger partial charge in [-0.2, -0.15) is 0 Å². The SMILES string of the molecule is CCOC(C)OC[C@@H]1CCCN(CC2(c3ccc(Cl)cc3)CCC2)[C@@H]1CO. The van der Waals surface area contributed by atoms with Gasteiger partial charge in [-0.05, 0) is 63.8 Å². The number of ether oxygens (including phenoxy) is 2. The fraction of sp³-hybridized carbons (Fsp3) is 0.727. The van der Waals surface area contributed by atoms with E-state index in [0.717, 1.165) is 31.0 Å². The fourth-order valence-electron chi connectivity index (χ4n) is 4.74. The van der Waals surface area contributed by atoms with Crippen molar-refractivity contribution in [3.05, 3.63) is 34.9 Å². The molecule has 1 N–H and O–H groups in total. The Morgan fingerprint density at radius 1 is 1.22 bits per heavy atom. The summed E-state index contributed by atoms with van der Waals surface area (Å²) in [5.74, 6) is 0.356. The minimum absolute atomic E-state index is 0.164. The Kier molecular flexibility index (Phi) is 7.57. The first-order chi connectivity index (χ1) is 13.1. The van der Waals surface area contributed by atoms with Crippen LogP contribution in [-0.4, -0.2) is 55.2 Å². The van der Waals surface area contributed by atoms with Gasteiger partial charge in [0, 0.05) is 35.5 Å². The second-order valence-corrected chi connectivity index (χ2v) is 8.56. The summed E-state index contributed by atoms with van der Waals surface area (Å²) in [6.07, 6.45) is 5.78. The Hall–Kier alpha value is -0.650. The van der Waals surface area contributed by atoms with Crippen molar-refractivity contribution >= 4 is 11.6 Å². The molecule has 2 fully saturated rings. The Bertz CT molecular complexity index is 575. The lowest BCUT2D eigenvalue weighted by Crippen LogP contribution is -2.55. The molecule has 0 bridgehead atoms. The number of benzene rings is 1. The van der Waals surface area contributed by atoms with Gasteiger partial charge >= 0.3 is 0 Å². The smallest absolute Gasteiger partial charge is 0.154 e. The molecule has 5 heteroatoms. The summed E-state index contributed by atoms with van der Waals surface area (Å²) in [6, 6.07) is 8.54. The first-order valence-corrected chi connectivity index (χ1v) is 10.8. The van der Waals surface area contributed by atoms with E-state index in [9.17, 15) is 5.11 Å². The molecule has 0 radical (unpaired) electrons. The van der Waals surface area contributed by atoms with Crippen LogP contribution >= 0.6 is 11.6 Å². The zero-order valence-electron chi connectivity index (χ0n) is 16.7. The molecule has 3 atom stereocenters. The molecular weight excluding hydrogens is 362 g/mol. The van der Waals surface area contributed by atoms with E-state index in [1.807, 2.05) is 26.0 Å². The number of nitrogens with zero attached hydrogens (tertiary/aromatic N) is 1. The number of hydrogen-bond donors (Lipinski definition) is 1. The molecule has 1 aromatic carbocycles. The van der Waals surface area contributed by atoms with Gasteiger partial charge in [0.1, 0.15) is 0 Å². The first kappa shape index (κ1) is 21.1. The monoisotopic (exact) mass is 395 g/mol. The largest absolute Gasteiger partial charge is 0.395 e. The summed E-state index contributed by atoms with van der Waals surface area (Å²) < 4.78 is 11.4. The second kappa shape index (κ2) is 9.71. The average molecular weight is 396 g/mol. The summed E-state index contributed by atoms with van der Waals surface area (Å²) >= 11 is 6.09. The van der Waals surface area contributed by atoms with Gasteiger partial charge in [-0.1, -0.05) is 30.2 Å². The number of aliphatic hydroxyl groups excluding tert-OH is 1. The average Bonchev–Trinajstić information content (AvgIpc) is 2.64. The number of aliphatic hydroxyl groups is 1. The second-order valence-electron chi connectivity index (χ2n) is 8.12. The minimum Gasteiger partial charge on any atom is -0.395 e. The summed E-state index contributed by atoms with van der Waals surface area (Å²) in [7, 11) is 0. The Morgan fingerprint density at radius 3 is 2.56 bits per heavy atom. The molecule has 1 saturated heterocycles. The van der Waals surface area contributed by atoms with Gasteiger partial charge in [0.05, 0.1) is 13.2 Å². The van der Waals surface area contributed by atoms with Crippen molar-refractivity contribution < 1.29 is 14.6 Å². The van der Waals surface area contributed by atoms with E-state index >= 15 is 0 Å². The van der Waals surface area contributed by atoms with Gasteiger partial charge < -0.3 is 14.6 Å². The number of likely N-dealkylation sites (tertiary alicyclic amines) is 1. The van der Waals surface area contributed by atoms with E-state index in [-0.39, 0.29) is 24.4 Å². The van der Waals surface area contributed by atoms with Crippen LogP contribution < -0.4 is 0 Å². The van der Waals surface area contributed by atoms with Crippen molar-refractivity contribution in [1.29, 1.82) is 0 Å². The number of halogens is 1. The quantitative estimate of drug-likeness (QED) is 0.635. The lowest BCUT2D eigenvalue weighted by molar-refractivity contribution is -0.145. The van der Waals surface area contributed by atoms with Crippen molar-refractivity contribution in [1.82, 2.24) is 4.90 Å². The summed E-state index contributed by atoms with van der Waals surface area (Å²) in [5.41, 5.74) is 1.59. The van der Waals surface area contributed by atoms with E-state index in [0.29, 0.717) is 19.1 Å². The zero-order valence-corrected chi connectivity index (χ0v) is 17.5. The Labute approximate surface area is 168 Å². The topological polar surface area (TPSA) is 41.9 Å². The maximum Gasteiger partial charge on any atom is 0.154 e. The molecule has 4 nitrogen and oxygen atoms in total. The summed E-state index contributed by atoms with van der Waals surface area (Å²) in [6.45, 7) is 7.49. The Balaban J connectivity index is 1.66. The standard InChI is InChI=1S/C22H34ClNO3/c1-3-26-17(2)27-15-18-6-4-13-24(21(18)14-25)16-22(11-5-12-22)19-7-9-20(23)10-8-19/h7-10,17-18,21,25H,3-6,11-16H2,1-2H3/t17?,18-,21+/m0/s1.